The van der Waals surface area contributed by atoms with Crippen LogP contribution in [0.3, 0.4) is 0 Å². The summed E-state index contributed by atoms with van der Waals surface area (Å²) in [5.74, 6) is 0.428. The number of nitrogens with zero attached hydrogens (tertiary/aromatic N) is 3. The second-order valence-corrected chi connectivity index (χ2v) is 1.88. The first-order valence-corrected chi connectivity index (χ1v) is 2.97. The van der Waals surface area contributed by atoms with Gasteiger partial charge in [-0.2, -0.15) is 0 Å². The van der Waals surface area contributed by atoms with Crippen LogP contribution in [0.2, 0.25) is 0 Å². The predicted molar refractivity (Wildman–Crippen MR) is 36.3 cm³/mol. The summed E-state index contributed by atoms with van der Waals surface area (Å²) < 4.78 is 6.56. The zero-order valence-corrected chi connectivity index (χ0v) is 5.82. The lowest BCUT2D eigenvalue weighted by atomic mass is 10.7. The summed E-state index contributed by atoms with van der Waals surface area (Å²) in [7, 11) is 1.64. The molecule has 1 aromatic heterocycles. The van der Waals surface area contributed by atoms with E-state index in [-0.39, 0.29) is 0 Å². The van der Waals surface area contributed by atoms with E-state index in [1.807, 2.05) is 0 Å². The normalized spacial score (nSPS) is 10.1. The highest BCUT2D eigenvalue weighted by Gasteiger charge is 1.95. The molecule has 0 fully saturated rings. The predicted octanol–water partition coefficient (Wildman–Crippen LogP) is -0.493. The largest absolute Gasteiger partial charge is 0.383 e. The van der Waals surface area contributed by atoms with Crippen molar-refractivity contribution in [1.82, 2.24) is 14.8 Å². The molecule has 0 spiro atoms. The maximum atomic E-state index is 5.42. The fourth-order valence-corrected chi connectivity index (χ4v) is 0.626. The molecule has 0 amide bonds. The van der Waals surface area contributed by atoms with Gasteiger partial charge in [0.15, 0.2) is 0 Å². The van der Waals surface area contributed by atoms with Gasteiger partial charge in [-0.25, -0.2) is 0 Å². The highest BCUT2D eigenvalue weighted by Crippen LogP contribution is 1.93. The maximum absolute atomic E-state index is 5.42. The Balaban J connectivity index is 2.49. The first kappa shape index (κ1) is 7.01. The number of ether oxygens (including phenoxy) is 1. The second kappa shape index (κ2) is 3.17. The summed E-state index contributed by atoms with van der Waals surface area (Å²) in [5.41, 5.74) is 5.42. The molecule has 1 aromatic rings. The fourth-order valence-electron chi connectivity index (χ4n) is 0.626. The molecule has 5 heteroatoms. The van der Waals surface area contributed by atoms with E-state index in [1.54, 1.807) is 18.0 Å². The average molecular weight is 142 g/mol. The zero-order chi connectivity index (χ0) is 7.40. The Bertz CT molecular complexity index is 197. The Kier molecular flexibility index (Phi) is 2.22. The van der Waals surface area contributed by atoms with Gasteiger partial charge in [-0.1, -0.05) is 0 Å². The smallest absolute Gasteiger partial charge is 0.221 e. The van der Waals surface area contributed by atoms with Crippen LogP contribution in [-0.2, 0) is 11.3 Å². The molecule has 0 aliphatic rings. The van der Waals surface area contributed by atoms with Gasteiger partial charge in [-0.05, 0) is 0 Å². The van der Waals surface area contributed by atoms with Gasteiger partial charge in [0.05, 0.1) is 13.2 Å². The highest BCUT2D eigenvalue weighted by atomic mass is 16.5. The first-order chi connectivity index (χ1) is 4.84. The molecule has 0 unspecified atom stereocenters. The fraction of sp³-hybridized carbons (Fsp3) is 0.600. The van der Waals surface area contributed by atoms with Crippen molar-refractivity contribution in [2.75, 3.05) is 19.5 Å². The van der Waals surface area contributed by atoms with Gasteiger partial charge in [0.1, 0.15) is 6.33 Å². The van der Waals surface area contributed by atoms with Crippen molar-refractivity contribution in [3.63, 3.8) is 0 Å². The van der Waals surface area contributed by atoms with E-state index >= 15 is 0 Å². The number of methoxy groups -OCH3 is 1. The molecule has 0 atom stereocenters. The van der Waals surface area contributed by atoms with E-state index in [0.717, 1.165) is 0 Å². The molecule has 2 N–H and O–H groups in total. The molecule has 0 bridgehead atoms. The minimum absolute atomic E-state index is 0.428. The Labute approximate surface area is 58.8 Å². The quantitative estimate of drug-likeness (QED) is 0.618. The van der Waals surface area contributed by atoms with Crippen molar-refractivity contribution in [2.24, 2.45) is 0 Å². The number of anilines is 1. The van der Waals surface area contributed by atoms with Crippen LogP contribution in [-0.4, -0.2) is 28.5 Å². The van der Waals surface area contributed by atoms with E-state index in [4.69, 9.17) is 10.5 Å². The third-order valence-electron chi connectivity index (χ3n) is 1.18. The van der Waals surface area contributed by atoms with Crippen molar-refractivity contribution in [3.8, 4) is 0 Å². The van der Waals surface area contributed by atoms with Gasteiger partial charge >= 0.3 is 0 Å². The van der Waals surface area contributed by atoms with Gasteiger partial charge in [-0.15, -0.1) is 10.2 Å². The molecular weight excluding hydrogens is 132 g/mol. The van der Waals surface area contributed by atoms with Crippen LogP contribution in [0.4, 0.5) is 5.95 Å². The van der Waals surface area contributed by atoms with E-state index < -0.39 is 0 Å². The monoisotopic (exact) mass is 142 g/mol. The van der Waals surface area contributed by atoms with E-state index in [2.05, 4.69) is 10.2 Å². The lowest BCUT2D eigenvalue weighted by molar-refractivity contribution is 0.187. The number of nitrogen functional groups attached to an aromatic ring is 1. The minimum atomic E-state index is 0.428. The van der Waals surface area contributed by atoms with Gasteiger partial charge in [0.25, 0.3) is 0 Å². The minimum Gasteiger partial charge on any atom is -0.383 e. The Hall–Kier alpha value is -1.10. The highest BCUT2D eigenvalue weighted by molar-refractivity contribution is 5.12. The average Bonchev–Trinajstić information content (AvgIpc) is 2.31. The Morgan fingerprint density at radius 2 is 2.60 bits per heavy atom. The molecule has 0 aromatic carbocycles. The SMILES string of the molecule is COCCn1cnnc1N. The van der Waals surface area contributed by atoms with E-state index in [9.17, 15) is 0 Å². The van der Waals surface area contributed by atoms with E-state index in [0.29, 0.717) is 19.1 Å². The maximum Gasteiger partial charge on any atom is 0.221 e. The summed E-state index contributed by atoms with van der Waals surface area (Å²) in [4.78, 5) is 0. The third kappa shape index (κ3) is 1.44. The van der Waals surface area contributed by atoms with Crippen molar-refractivity contribution < 1.29 is 4.74 Å². The summed E-state index contributed by atoms with van der Waals surface area (Å²) in [6.07, 6.45) is 1.58. The van der Waals surface area contributed by atoms with Crippen LogP contribution < -0.4 is 5.73 Å². The molecule has 0 aliphatic heterocycles. The topological polar surface area (TPSA) is 66.0 Å². The molecule has 0 saturated heterocycles. The lowest BCUT2D eigenvalue weighted by Gasteiger charge is -1.99. The summed E-state index contributed by atoms with van der Waals surface area (Å²) in [6, 6.07) is 0. The van der Waals surface area contributed by atoms with Gasteiger partial charge in [0.2, 0.25) is 5.95 Å². The van der Waals surface area contributed by atoms with Crippen LogP contribution in [0.15, 0.2) is 6.33 Å². The van der Waals surface area contributed by atoms with Gasteiger partial charge < -0.3 is 10.5 Å². The van der Waals surface area contributed by atoms with Crippen LogP contribution in [0, 0.1) is 0 Å². The van der Waals surface area contributed by atoms with Crippen molar-refractivity contribution >= 4 is 5.95 Å². The molecule has 5 nitrogen and oxygen atoms in total. The summed E-state index contributed by atoms with van der Waals surface area (Å²) >= 11 is 0. The number of aromatic nitrogens is 3. The summed E-state index contributed by atoms with van der Waals surface area (Å²) in [6.45, 7) is 1.33. The molecule has 10 heavy (non-hydrogen) atoms. The molecule has 1 rings (SSSR count). The number of rotatable bonds is 3. The van der Waals surface area contributed by atoms with Crippen molar-refractivity contribution in [2.45, 2.75) is 6.54 Å². The lowest BCUT2D eigenvalue weighted by Crippen LogP contribution is -2.06. The molecule has 0 aliphatic carbocycles. The molecule has 1 heterocycles. The van der Waals surface area contributed by atoms with Gasteiger partial charge in [-0.3, -0.25) is 4.57 Å². The Morgan fingerprint density at radius 1 is 1.80 bits per heavy atom. The summed E-state index contributed by atoms with van der Waals surface area (Å²) in [5, 5.41) is 7.21. The molecular formula is C5H10N4O. The van der Waals surface area contributed by atoms with Crippen LogP contribution >= 0.6 is 0 Å². The van der Waals surface area contributed by atoms with E-state index in [1.165, 1.54) is 0 Å². The van der Waals surface area contributed by atoms with Crippen LogP contribution in [0.1, 0.15) is 0 Å². The molecule has 56 valence electrons. The van der Waals surface area contributed by atoms with Crippen molar-refractivity contribution in [3.05, 3.63) is 6.33 Å². The Morgan fingerprint density at radius 3 is 3.10 bits per heavy atom. The van der Waals surface area contributed by atoms with Gasteiger partial charge in [0, 0.05) is 7.11 Å². The molecule has 0 radical (unpaired) electrons. The van der Waals surface area contributed by atoms with Crippen LogP contribution in [0.5, 0.6) is 0 Å². The van der Waals surface area contributed by atoms with Crippen LogP contribution in [0.25, 0.3) is 0 Å². The standard InChI is InChI=1S/C5H10N4O/c1-10-3-2-9-4-7-8-5(9)6/h4H,2-3H2,1H3,(H2,6,8). The number of nitrogens with two attached hydrogens (primary N) is 1. The van der Waals surface area contributed by atoms with Crippen molar-refractivity contribution in [1.29, 1.82) is 0 Å². The third-order valence-corrected chi connectivity index (χ3v) is 1.18. The molecule has 0 saturated carbocycles. The zero-order valence-electron chi connectivity index (χ0n) is 5.82. The second-order valence-electron chi connectivity index (χ2n) is 1.88. The number of hydrogen-bond donors (Lipinski definition) is 1. The first-order valence-electron chi connectivity index (χ1n) is 2.97. The number of hydrogen-bond acceptors (Lipinski definition) is 4.